The average Bonchev–Trinajstić information content (AvgIpc) is 2.06. The first kappa shape index (κ1) is 6.98. The minimum Gasteiger partial charge on any atom is -0.264 e. The molecule has 1 aliphatic rings. The van der Waals surface area contributed by atoms with Gasteiger partial charge in [-0.05, 0) is 12.1 Å². The van der Waals surface area contributed by atoms with Crippen LogP contribution in [-0.4, -0.2) is 12.4 Å². The Balaban J connectivity index is 2.54. The predicted octanol–water partition coefficient (Wildman–Crippen LogP) is 2.34. The fourth-order valence-corrected chi connectivity index (χ4v) is 1.05. The van der Waals surface area contributed by atoms with Gasteiger partial charge < -0.3 is 0 Å². The van der Waals surface area contributed by atoms with Crippen LogP contribution in [0.3, 0.4) is 0 Å². The first-order valence-corrected chi connectivity index (χ1v) is 3.78. The maximum absolute atomic E-state index is 4.24. The van der Waals surface area contributed by atoms with Gasteiger partial charge in [0.05, 0.1) is 5.69 Å². The molecule has 0 aliphatic carbocycles. The van der Waals surface area contributed by atoms with Gasteiger partial charge in [-0.1, -0.05) is 18.2 Å². The molecule has 0 saturated heterocycles. The number of aliphatic imine (C=N–C) groups is 2. The van der Waals surface area contributed by atoms with Crippen LogP contribution in [0.5, 0.6) is 0 Å². The molecule has 0 N–H and O–H groups in total. The van der Waals surface area contributed by atoms with E-state index in [0.29, 0.717) is 0 Å². The van der Waals surface area contributed by atoms with Crippen molar-refractivity contribution in [2.24, 2.45) is 9.98 Å². The van der Waals surface area contributed by atoms with E-state index in [9.17, 15) is 0 Å². The molecular formula is C10H8N2. The number of fused-ring (bicyclic) bond motifs is 1. The van der Waals surface area contributed by atoms with Gasteiger partial charge in [-0.15, -0.1) is 0 Å². The van der Waals surface area contributed by atoms with Gasteiger partial charge >= 0.3 is 0 Å². The molecule has 58 valence electrons. The van der Waals surface area contributed by atoms with E-state index in [1.807, 2.05) is 36.6 Å². The van der Waals surface area contributed by atoms with Crippen molar-refractivity contribution >= 4 is 18.1 Å². The van der Waals surface area contributed by atoms with Gasteiger partial charge in [-0.25, -0.2) is 0 Å². The van der Waals surface area contributed by atoms with Crippen molar-refractivity contribution in [3.63, 3.8) is 0 Å². The van der Waals surface area contributed by atoms with E-state index in [1.54, 1.807) is 12.4 Å². The molecule has 1 aromatic rings. The average molecular weight is 156 g/mol. The maximum atomic E-state index is 4.24. The maximum Gasteiger partial charge on any atom is 0.0717 e. The van der Waals surface area contributed by atoms with Gasteiger partial charge in [-0.2, -0.15) is 0 Å². The van der Waals surface area contributed by atoms with E-state index in [4.69, 9.17) is 0 Å². The van der Waals surface area contributed by atoms with Crippen molar-refractivity contribution in [3.8, 4) is 0 Å². The highest BCUT2D eigenvalue weighted by molar-refractivity contribution is 5.90. The normalized spacial score (nSPS) is 13.7. The zero-order valence-electron chi connectivity index (χ0n) is 6.51. The lowest BCUT2D eigenvalue weighted by atomic mass is 10.2. The van der Waals surface area contributed by atoms with Crippen LogP contribution < -0.4 is 0 Å². The molecule has 0 bridgehead atoms. The molecule has 2 rings (SSSR count). The van der Waals surface area contributed by atoms with Gasteiger partial charge in [0.1, 0.15) is 0 Å². The van der Waals surface area contributed by atoms with E-state index >= 15 is 0 Å². The summed E-state index contributed by atoms with van der Waals surface area (Å²) in [6, 6.07) is 7.91. The lowest BCUT2D eigenvalue weighted by Gasteiger charge is -1.98. The number of nitrogens with zero attached hydrogens (tertiary/aromatic N) is 2. The summed E-state index contributed by atoms with van der Waals surface area (Å²) in [5.74, 6) is 0. The molecule has 0 saturated carbocycles. The Morgan fingerprint density at radius 3 is 3.00 bits per heavy atom. The minimum atomic E-state index is 0.964. The molecule has 2 heteroatoms. The smallest absolute Gasteiger partial charge is 0.0717 e. The van der Waals surface area contributed by atoms with E-state index in [-0.39, 0.29) is 0 Å². The third-order valence-corrected chi connectivity index (χ3v) is 1.62. The van der Waals surface area contributed by atoms with Crippen molar-refractivity contribution in [1.29, 1.82) is 0 Å². The van der Waals surface area contributed by atoms with Crippen LogP contribution in [0.4, 0.5) is 5.69 Å². The van der Waals surface area contributed by atoms with Crippen molar-refractivity contribution < 1.29 is 0 Å². The summed E-state index contributed by atoms with van der Waals surface area (Å²) in [5, 5.41) is 0. The SMILES string of the molecule is C1=CN=Cc2ccccc2N=C1. The van der Waals surface area contributed by atoms with Crippen molar-refractivity contribution in [2.75, 3.05) is 0 Å². The summed E-state index contributed by atoms with van der Waals surface area (Å²) in [6.45, 7) is 0. The number of benzene rings is 1. The lowest BCUT2D eigenvalue weighted by Crippen LogP contribution is -1.83. The lowest BCUT2D eigenvalue weighted by molar-refractivity contribution is 1.48. The number of hydrogen-bond donors (Lipinski definition) is 0. The molecule has 0 atom stereocenters. The van der Waals surface area contributed by atoms with Crippen LogP contribution in [0.15, 0.2) is 46.5 Å². The van der Waals surface area contributed by atoms with E-state index < -0.39 is 0 Å². The summed E-state index contributed by atoms with van der Waals surface area (Å²) in [5.41, 5.74) is 2.02. The molecule has 12 heavy (non-hydrogen) atoms. The molecule has 1 aromatic carbocycles. The predicted molar refractivity (Wildman–Crippen MR) is 51.3 cm³/mol. The second-order valence-corrected chi connectivity index (χ2v) is 2.46. The van der Waals surface area contributed by atoms with Gasteiger partial charge in [0.15, 0.2) is 0 Å². The van der Waals surface area contributed by atoms with Crippen LogP contribution in [0, 0.1) is 0 Å². The van der Waals surface area contributed by atoms with E-state index in [2.05, 4.69) is 9.98 Å². The summed E-state index contributed by atoms with van der Waals surface area (Å²) < 4.78 is 0. The quantitative estimate of drug-likeness (QED) is 0.550. The van der Waals surface area contributed by atoms with Crippen molar-refractivity contribution in [3.05, 3.63) is 42.1 Å². The van der Waals surface area contributed by atoms with E-state index in [1.165, 1.54) is 0 Å². The van der Waals surface area contributed by atoms with Gasteiger partial charge in [0, 0.05) is 24.2 Å². The van der Waals surface area contributed by atoms with Crippen LogP contribution >= 0.6 is 0 Å². The Hall–Kier alpha value is -1.70. The number of hydrogen-bond acceptors (Lipinski definition) is 2. The number of para-hydroxylation sites is 1. The summed E-state index contributed by atoms with van der Waals surface area (Å²) in [4.78, 5) is 8.32. The molecule has 1 heterocycles. The van der Waals surface area contributed by atoms with Gasteiger partial charge in [0.2, 0.25) is 0 Å². The molecular weight excluding hydrogens is 148 g/mol. The molecule has 0 aromatic heterocycles. The second-order valence-electron chi connectivity index (χ2n) is 2.46. The Bertz CT molecular complexity index is 327. The van der Waals surface area contributed by atoms with Crippen LogP contribution in [0.1, 0.15) is 5.56 Å². The van der Waals surface area contributed by atoms with Crippen LogP contribution in [0.2, 0.25) is 0 Å². The Morgan fingerprint density at radius 1 is 1.08 bits per heavy atom. The highest BCUT2D eigenvalue weighted by Crippen LogP contribution is 2.16. The molecule has 0 spiro atoms. The second kappa shape index (κ2) is 3.13. The first-order valence-electron chi connectivity index (χ1n) is 3.78. The fourth-order valence-electron chi connectivity index (χ4n) is 1.05. The van der Waals surface area contributed by atoms with Gasteiger partial charge in [0.25, 0.3) is 0 Å². The van der Waals surface area contributed by atoms with Gasteiger partial charge in [-0.3, -0.25) is 9.98 Å². The molecule has 0 amide bonds. The largest absolute Gasteiger partial charge is 0.264 e. The highest BCUT2D eigenvalue weighted by Gasteiger charge is 1.95. The molecule has 0 unspecified atom stereocenters. The van der Waals surface area contributed by atoms with Crippen LogP contribution in [0.25, 0.3) is 0 Å². The Kier molecular flexibility index (Phi) is 1.82. The number of allylic oxidation sites excluding steroid dienone is 1. The zero-order chi connectivity index (χ0) is 8.23. The van der Waals surface area contributed by atoms with E-state index in [0.717, 1.165) is 11.3 Å². The Morgan fingerprint density at radius 2 is 2.00 bits per heavy atom. The molecule has 2 nitrogen and oxygen atoms in total. The molecule has 0 radical (unpaired) electrons. The highest BCUT2D eigenvalue weighted by atomic mass is 14.7. The molecule has 1 aliphatic heterocycles. The zero-order valence-corrected chi connectivity index (χ0v) is 6.51. The summed E-state index contributed by atoms with van der Waals surface area (Å²) in [7, 11) is 0. The number of rotatable bonds is 0. The molecule has 0 fully saturated rings. The topological polar surface area (TPSA) is 24.7 Å². The van der Waals surface area contributed by atoms with Crippen LogP contribution in [-0.2, 0) is 0 Å². The van der Waals surface area contributed by atoms with Crippen molar-refractivity contribution in [2.45, 2.75) is 0 Å². The fraction of sp³-hybridized carbons (Fsp3) is 0. The minimum absolute atomic E-state index is 0.964. The summed E-state index contributed by atoms with van der Waals surface area (Å²) in [6.07, 6.45) is 7.09. The summed E-state index contributed by atoms with van der Waals surface area (Å²) >= 11 is 0. The third-order valence-electron chi connectivity index (χ3n) is 1.62. The third kappa shape index (κ3) is 1.32. The Labute approximate surface area is 71.0 Å². The monoisotopic (exact) mass is 156 g/mol. The standard InChI is InChI=1S/C10H8N2/c1-2-5-10-9(4-1)8-11-6-3-7-12-10/h1-8H. The first-order chi connectivity index (χ1) is 5.97. The van der Waals surface area contributed by atoms with Crippen molar-refractivity contribution in [1.82, 2.24) is 0 Å².